The maximum Gasteiger partial charge on any atom is 0.161 e. The second-order valence-corrected chi connectivity index (χ2v) is 6.67. The van der Waals surface area contributed by atoms with Gasteiger partial charge in [-0.1, -0.05) is 25.5 Å². The van der Waals surface area contributed by atoms with E-state index in [1.807, 2.05) is 6.08 Å². The van der Waals surface area contributed by atoms with Crippen molar-refractivity contribution < 1.29 is 19.7 Å². The Morgan fingerprint density at radius 3 is 2.50 bits per heavy atom. The number of aldehydes is 1. The molecule has 0 saturated heterocycles. The van der Waals surface area contributed by atoms with Gasteiger partial charge in [0.05, 0.1) is 13.2 Å². The summed E-state index contributed by atoms with van der Waals surface area (Å²) < 4.78 is 4.78. The largest absolute Gasteiger partial charge is 0.504 e. The van der Waals surface area contributed by atoms with E-state index in [-0.39, 0.29) is 11.9 Å². The molecular weight excluding hydrogens is 280 g/mol. The fourth-order valence-electron chi connectivity index (χ4n) is 3.58. The van der Waals surface area contributed by atoms with Crippen LogP contribution in [0, 0.1) is 17.3 Å². The lowest BCUT2D eigenvalue weighted by atomic mass is 9.48. The van der Waals surface area contributed by atoms with Crippen LogP contribution in [0.1, 0.15) is 37.6 Å². The summed E-state index contributed by atoms with van der Waals surface area (Å²) in [7, 11) is 1.43. The fourth-order valence-corrected chi connectivity index (χ4v) is 3.58. The van der Waals surface area contributed by atoms with E-state index < -0.39 is 0 Å². The molecule has 0 heterocycles. The summed E-state index contributed by atoms with van der Waals surface area (Å²) in [6.07, 6.45) is 3.76. The number of carbonyl (C=O) groups is 1. The van der Waals surface area contributed by atoms with Gasteiger partial charge in [0.1, 0.15) is 6.29 Å². The zero-order valence-electron chi connectivity index (χ0n) is 13.5. The lowest BCUT2D eigenvalue weighted by Gasteiger charge is -2.57. The standard InChI is InChI=1S/C10H16O.C8H8O3/c1-6-4-9(11)8-5-7(6)10(8,2)3;1-11-8-4-6(5-9)2-3-7(8)10/h4,7-9,11H,5H2,1-3H3;2-5,10H,1H3. The summed E-state index contributed by atoms with van der Waals surface area (Å²) in [6, 6.07) is 4.41. The molecule has 3 aliphatic rings. The van der Waals surface area contributed by atoms with E-state index in [1.165, 1.54) is 37.3 Å². The number of fused-ring (bicyclic) bond motifs is 1. The van der Waals surface area contributed by atoms with E-state index in [0.717, 1.165) is 5.92 Å². The molecule has 3 atom stereocenters. The Morgan fingerprint density at radius 1 is 1.36 bits per heavy atom. The maximum atomic E-state index is 10.2. The molecule has 4 heteroatoms. The third-order valence-corrected chi connectivity index (χ3v) is 5.08. The van der Waals surface area contributed by atoms with Crippen LogP contribution in [-0.2, 0) is 0 Å². The first-order valence-corrected chi connectivity index (χ1v) is 7.49. The predicted octanol–water partition coefficient (Wildman–Crippen LogP) is 3.18. The van der Waals surface area contributed by atoms with Crippen LogP contribution < -0.4 is 4.74 Å². The molecule has 4 rings (SSSR count). The normalized spacial score (nSPS) is 27.7. The summed E-state index contributed by atoms with van der Waals surface area (Å²) in [5.41, 5.74) is 2.24. The van der Waals surface area contributed by atoms with Crippen LogP contribution in [0.2, 0.25) is 0 Å². The van der Waals surface area contributed by atoms with Gasteiger partial charge in [0.2, 0.25) is 0 Å². The van der Waals surface area contributed by atoms with Gasteiger partial charge in [-0.2, -0.15) is 0 Å². The minimum absolute atomic E-state index is 0.0399. The van der Waals surface area contributed by atoms with Crippen molar-refractivity contribution in [1.82, 2.24) is 0 Å². The number of rotatable bonds is 2. The average molecular weight is 304 g/mol. The third kappa shape index (κ3) is 2.88. The minimum Gasteiger partial charge on any atom is -0.504 e. The highest BCUT2D eigenvalue weighted by Crippen LogP contribution is 2.58. The maximum absolute atomic E-state index is 10.2. The van der Waals surface area contributed by atoms with Gasteiger partial charge in [0.25, 0.3) is 0 Å². The molecule has 1 saturated carbocycles. The van der Waals surface area contributed by atoms with Crippen molar-refractivity contribution in [3.63, 3.8) is 0 Å². The van der Waals surface area contributed by atoms with Crippen LogP contribution in [0.3, 0.4) is 0 Å². The molecule has 0 aromatic heterocycles. The lowest BCUT2D eigenvalue weighted by Crippen LogP contribution is -2.53. The molecule has 1 fully saturated rings. The number of aliphatic hydroxyl groups excluding tert-OH is 1. The van der Waals surface area contributed by atoms with E-state index in [0.29, 0.717) is 28.9 Å². The highest BCUT2D eigenvalue weighted by atomic mass is 16.5. The van der Waals surface area contributed by atoms with Crippen LogP contribution in [-0.4, -0.2) is 29.7 Å². The Hall–Kier alpha value is -1.81. The quantitative estimate of drug-likeness (QED) is 0.650. The number of carbonyl (C=O) groups excluding carboxylic acids is 1. The minimum atomic E-state index is -0.171. The van der Waals surface area contributed by atoms with Gasteiger partial charge in [-0.05, 0) is 48.8 Å². The Kier molecular flexibility index (Phi) is 4.61. The molecule has 2 bridgehead atoms. The second kappa shape index (κ2) is 6.13. The summed E-state index contributed by atoms with van der Waals surface area (Å²) >= 11 is 0. The number of aromatic hydroxyl groups is 1. The highest BCUT2D eigenvalue weighted by Gasteiger charge is 2.53. The number of hydrogen-bond donors (Lipinski definition) is 2. The molecule has 4 nitrogen and oxygen atoms in total. The monoisotopic (exact) mass is 304 g/mol. The van der Waals surface area contributed by atoms with Crippen LogP contribution in [0.15, 0.2) is 29.8 Å². The summed E-state index contributed by atoms with van der Waals surface area (Å²) in [4.78, 5) is 10.2. The number of allylic oxidation sites excluding steroid dienone is 1. The SMILES string of the molecule is CC1=CC(O)C2CC1C2(C)C.COc1cc(C=O)ccc1O. The van der Waals surface area contributed by atoms with Crippen molar-refractivity contribution in [2.45, 2.75) is 33.3 Å². The molecule has 0 spiro atoms. The Balaban J connectivity index is 0.000000160. The molecule has 0 aliphatic heterocycles. The van der Waals surface area contributed by atoms with E-state index in [2.05, 4.69) is 20.8 Å². The summed E-state index contributed by atoms with van der Waals surface area (Å²) in [5, 5.41) is 18.7. The molecule has 1 aromatic rings. The van der Waals surface area contributed by atoms with Crippen LogP contribution >= 0.6 is 0 Å². The predicted molar refractivity (Wildman–Crippen MR) is 85.2 cm³/mol. The number of ether oxygens (including phenoxy) is 1. The van der Waals surface area contributed by atoms with Crippen molar-refractivity contribution in [1.29, 1.82) is 0 Å². The molecule has 22 heavy (non-hydrogen) atoms. The van der Waals surface area contributed by atoms with Gasteiger partial charge in [0.15, 0.2) is 11.5 Å². The number of aliphatic hydroxyl groups is 1. The van der Waals surface area contributed by atoms with E-state index in [4.69, 9.17) is 9.84 Å². The average Bonchev–Trinajstić information content (AvgIpc) is 2.47. The van der Waals surface area contributed by atoms with Crippen LogP contribution in [0.5, 0.6) is 11.5 Å². The Morgan fingerprint density at radius 2 is 2.05 bits per heavy atom. The van der Waals surface area contributed by atoms with Gasteiger partial charge in [-0.15, -0.1) is 0 Å². The number of methoxy groups -OCH3 is 1. The van der Waals surface area contributed by atoms with Gasteiger partial charge >= 0.3 is 0 Å². The Labute approximate surface area is 131 Å². The van der Waals surface area contributed by atoms with Crippen molar-refractivity contribution >= 4 is 6.29 Å². The first kappa shape index (κ1) is 16.6. The number of phenolic OH excluding ortho intramolecular Hbond substituents is 1. The topological polar surface area (TPSA) is 66.8 Å². The highest BCUT2D eigenvalue weighted by molar-refractivity contribution is 5.76. The first-order chi connectivity index (χ1) is 10.3. The zero-order chi connectivity index (χ0) is 16.5. The van der Waals surface area contributed by atoms with E-state index in [1.54, 1.807) is 0 Å². The second-order valence-electron chi connectivity index (χ2n) is 6.67. The molecular formula is C18H24O4. The molecule has 3 aliphatic carbocycles. The van der Waals surface area contributed by atoms with Gasteiger partial charge < -0.3 is 14.9 Å². The van der Waals surface area contributed by atoms with Crippen molar-refractivity contribution in [2.75, 3.05) is 7.11 Å². The Bertz CT molecular complexity index is 589. The smallest absolute Gasteiger partial charge is 0.161 e. The zero-order valence-corrected chi connectivity index (χ0v) is 13.5. The first-order valence-electron chi connectivity index (χ1n) is 7.49. The van der Waals surface area contributed by atoms with Crippen molar-refractivity contribution in [3.8, 4) is 11.5 Å². The molecule has 0 radical (unpaired) electrons. The molecule has 120 valence electrons. The van der Waals surface area contributed by atoms with E-state index >= 15 is 0 Å². The number of phenols is 1. The van der Waals surface area contributed by atoms with Gasteiger partial charge in [0, 0.05) is 5.56 Å². The van der Waals surface area contributed by atoms with Crippen molar-refractivity contribution in [2.24, 2.45) is 17.3 Å². The molecule has 0 amide bonds. The van der Waals surface area contributed by atoms with E-state index in [9.17, 15) is 9.90 Å². The molecule has 3 unspecified atom stereocenters. The lowest BCUT2D eigenvalue weighted by molar-refractivity contribution is -0.0760. The van der Waals surface area contributed by atoms with Crippen molar-refractivity contribution in [3.05, 3.63) is 35.4 Å². The molecule has 2 N–H and O–H groups in total. The summed E-state index contributed by atoms with van der Waals surface area (Å²) in [5.74, 6) is 1.62. The number of benzene rings is 1. The van der Waals surface area contributed by atoms with Gasteiger partial charge in [-0.3, -0.25) is 4.79 Å². The van der Waals surface area contributed by atoms with Gasteiger partial charge in [-0.25, -0.2) is 0 Å². The molecule has 1 aromatic carbocycles. The summed E-state index contributed by atoms with van der Waals surface area (Å²) in [6.45, 7) is 6.68. The third-order valence-electron chi connectivity index (χ3n) is 5.08. The van der Waals surface area contributed by atoms with Crippen LogP contribution in [0.25, 0.3) is 0 Å². The fraction of sp³-hybridized carbons (Fsp3) is 0.500. The number of hydrogen-bond acceptors (Lipinski definition) is 4. The van der Waals surface area contributed by atoms with Crippen LogP contribution in [0.4, 0.5) is 0 Å².